The number of nitrogens with zero attached hydrogens (tertiary/aromatic N) is 6. The van der Waals surface area contributed by atoms with Gasteiger partial charge in [0.2, 0.25) is 11.8 Å². The van der Waals surface area contributed by atoms with Gasteiger partial charge in [0.25, 0.3) is 5.56 Å². The van der Waals surface area contributed by atoms with Gasteiger partial charge >= 0.3 is 0 Å². The molecule has 0 bridgehead atoms. The van der Waals surface area contributed by atoms with Crippen molar-refractivity contribution in [3.8, 4) is 0 Å². The molecule has 2 saturated heterocycles. The SMILES string of the molecule is CC.CC.Cc1cccc2c(=O)n(CC(=O)N3CCOCC3)c(C(C)N3CCOCCOCCN(C(C)C(=O)N(C)c4ccccc4)CCOCCOCC3)nc12. The number of fused-ring (bicyclic) bond motifs is 1. The van der Waals surface area contributed by atoms with Gasteiger partial charge in [-0.05, 0) is 44.5 Å². The van der Waals surface area contributed by atoms with Gasteiger partial charge < -0.3 is 33.5 Å². The lowest BCUT2D eigenvalue weighted by molar-refractivity contribution is -0.136. The fourth-order valence-corrected chi connectivity index (χ4v) is 6.67. The van der Waals surface area contributed by atoms with E-state index in [0.717, 1.165) is 11.3 Å². The maximum absolute atomic E-state index is 14.0. The van der Waals surface area contributed by atoms with Gasteiger partial charge in [0, 0.05) is 52.0 Å². The van der Waals surface area contributed by atoms with Crippen molar-refractivity contribution in [3.05, 3.63) is 70.3 Å². The van der Waals surface area contributed by atoms with E-state index in [0.29, 0.717) is 122 Å². The number of morpholine rings is 1. The van der Waals surface area contributed by atoms with E-state index >= 15 is 0 Å². The summed E-state index contributed by atoms with van der Waals surface area (Å²) in [6.45, 7) is 21.3. The lowest BCUT2D eigenvalue weighted by Crippen LogP contribution is -2.48. The van der Waals surface area contributed by atoms with Crippen LogP contribution in [-0.2, 0) is 39.8 Å². The molecular formula is C43H68N6O8. The summed E-state index contributed by atoms with van der Waals surface area (Å²) in [4.78, 5) is 53.5. The van der Waals surface area contributed by atoms with Crippen LogP contribution in [0.15, 0.2) is 53.3 Å². The van der Waals surface area contributed by atoms with Crippen LogP contribution in [0.25, 0.3) is 10.9 Å². The Bertz CT molecular complexity index is 1650. The second kappa shape index (κ2) is 26.3. The number of amides is 2. The minimum Gasteiger partial charge on any atom is -0.378 e. The zero-order chi connectivity index (χ0) is 41.6. The Balaban J connectivity index is 0.00000211. The van der Waals surface area contributed by atoms with E-state index in [-0.39, 0.29) is 36.0 Å². The molecule has 318 valence electrons. The number of likely N-dealkylation sites (N-methyl/N-ethyl adjacent to an activating group) is 1. The molecule has 5 rings (SSSR count). The number of carbonyl (C=O) groups is 2. The molecular weight excluding hydrogens is 729 g/mol. The highest BCUT2D eigenvalue weighted by molar-refractivity contribution is 5.96. The van der Waals surface area contributed by atoms with Gasteiger partial charge in [0.05, 0.1) is 89.1 Å². The molecule has 1 aromatic heterocycles. The van der Waals surface area contributed by atoms with E-state index in [1.54, 1.807) is 22.9 Å². The summed E-state index contributed by atoms with van der Waals surface area (Å²) in [6, 6.07) is 14.5. The Labute approximate surface area is 339 Å². The van der Waals surface area contributed by atoms with Gasteiger partial charge in [-0.3, -0.25) is 28.8 Å². The number of hydrogen-bond acceptors (Lipinski definition) is 11. The molecule has 14 nitrogen and oxygen atoms in total. The van der Waals surface area contributed by atoms with Crippen LogP contribution in [0.3, 0.4) is 0 Å². The second-order valence-electron chi connectivity index (χ2n) is 13.4. The third-order valence-corrected chi connectivity index (χ3v) is 10.0. The molecule has 57 heavy (non-hydrogen) atoms. The van der Waals surface area contributed by atoms with Crippen LogP contribution in [0.5, 0.6) is 0 Å². The summed E-state index contributed by atoms with van der Waals surface area (Å²) in [5, 5.41) is 0.491. The number of aromatic nitrogens is 2. The van der Waals surface area contributed by atoms with Crippen LogP contribution in [0, 0.1) is 6.92 Å². The van der Waals surface area contributed by atoms with Crippen LogP contribution in [0.4, 0.5) is 5.69 Å². The quantitative estimate of drug-likeness (QED) is 0.338. The van der Waals surface area contributed by atoms with Gasteiger partial charge in [-0.2, -0.15) is 0 Å². The Kier molecular flexibility index (Phi) is 22.0. The molecule has 2 unspecified atom stereocenters. The number of rotatable bonds is 7. The highest BCUT2D eigenvalue weighted by Gasteiger charge is 2.27. The summed E-state index contributed by atoms with van der Waals surface area (Å²) < 4.78 is 30.9. The Morgan fingerprint density at radius 3 is 1.72 bits per heavy atom. The summed E-state index contributed by atoms with van der Waals surface area (Å²) in [7, 11) is 1.80. The first-order valence-corrected chi connectivity index (χ1v) is 20.7. The Hall–Kier alpha value is -3.76. The molecule has 3 aromatic rings. The average Bonchev–Trinajstić information content (AvgIpc) is 3.25. The van der Waals surface area contributed by atoms with Crippen molar-refractivity contribution in [2.45, 2.75) is 67.1 Å². The van der Waals surface area contributed by atoms with E-state index in [1.807, 2.05) is 90.9 Å². The fraction of sp³-hybridized carbons (Fsp3) is 0.628. The molecule has 2 aliphatic rings. The van der Waals surface area contributed by atoms with Crippen LogP contribution in [-0.4, -0.2) is 154 Å². The maximum Gasteiger partial charge on any atom is 0.261 e. The molecule has 2 aliphatic heterocycles. The van der Waals surface area contributed by atoms with Crippen molar-refractivity contribution in [1.82, 2.24) is 24.3 Å². The zero-order valence-corrected chi connectivity index (χ0v) is 35.7. The second-order valence-corrected chi connectivity index (χ2v) is 13.4. The van der Waals surface area contributed by atoms with Crippen LogP contribution >= 0.6 is 0 Å². The van der Waals surface area contributed by atoms with E-state index in [1.165, 1.54) is 4.57 Å². The fourth-order valence-electron chi connectivity index (χ4n) is 6.67. The van der Waals surface area contributed by atoms with Crippen LogP contribution in [0.2, 0.25) is 0 Å². The average molecular weight is 797 g/mol. The highest BCUT2D eigenvalue weighted by Crippen LogP contribution is 2.22. The number of carbonyl (C=O) groups excluding carboxylic acids is 2. The van der Waals surface area contributed by atoms with Gasteiger partial charge in [0.15, 0.2) is 0 Å². The van der Waals surface area contributed by atoms with Crippen molar-refractivity contribution in [1.29, 1.82) is 0 Å². The minimum atomic E-state index is -0.367. The van der Waals surface area contributed by atoms with Crippen molar-refractivity contribution in [2.24, 2.45) is 0 Å². The van der Waals surface area contributed by atoms with Gasteiger partial charge in [0.1, 0.15) is 12.4 Å². The van der Waals surface area contributed by atoms with E-state index in [9.17, 15) is 14.4 Å². The Morgan fingerprint density at radius 2 is 1.18 bits per heavy atom. The topological polar surface area (TPSA) is 128 Å². The third-order valence-electron chi connectivity index (χ3n) is 10.0. The summed E-state index contributed by atoms with van der Waals surface area (Å²) in [5.74, 6) is 0.394. The molecule has 14 heteroatoms. The molecule has 0 N–H and O–H groups in total. The normalized spacial score (nSPS) is 18.4. The standard InChI is InChI=1S/C39H56N6O8.2C2H6/c1-30-9-8-12-34-36(30)40-37(45(39(34)48)29-35(46)44-17-23-49-24-18-44)31(2)42-13-19-50-25-27-52-21-15-43(16-22-53-28-26-51-20-14-42)32(3)38(47)41(4)33-10-6-5-7-11-33;2*1-2/h5-12,31-32H,13-29H2,1-4H3;2*1-2H3. The number of anilines is 1. The molecule has 2 aromatic carbocycles. The number of para-hydroxylation sites is 2. The monoisotopic (exact) mass is 797 g/mol. The van der Waals surface area contributed by atoms with E-state index < -0.39 is 0 Å². The first-order chi connectivity index (χ1) is 27.8. The first-order valence-electron chi connectivity index (χ1n) is 20.7. The summed E-state index contributed by atoms with van der Waals surface area (Å²) in [6.07, 6.45) is 0. The molecule has 0 aliphatic carbocycles. The molecule has 3 heterocycles. The molecule has 2 fully saturated rings. The predicted octanol–water partition coefficient (Wildman–Crippen LogP) is 4.41. The highest BCUT2D eigenvalue weighted by atomic mass is 16.5. The van der Waals surface area contributed by atoms with Crippen molar-refractivity contribution in [3.63, 3.8) is 0 Å². The van der Waals surface area contributed by atoms with Crippen molar-refractivity contribution in [2.75, 3.05) is 117 Å². The molecule has 0 radical (unpaired) electrons. The summed E-state index contributed by atoms with van der Waals surface area (Å²) >= 11 is 0. The first kappa shape index (κ1) is 47.6. The van der Waals surface area contributed by atoms with Gasteiger partial charge in [-0.1, -0.05) is 58.0 Å². The molecule has 2 amide bonds. The largest absolute Gasteiger partial charge is 0.378 e. The zero-order valence-electron chi connectivity index (χ0n) is 35.7. The third kappa shape index (κ3) is 14.2. The lowest BCUT2D eigenvalue weighted by atomic mass is 10.1. The maximum atomic E-state index is 14.0. The van der Waals surface area contributed by atoms with Gasteiger partial charge in [-0.15, -0.1) is 0 Å². The van der Waals surface area contributed by atoms with Crippen molar-refractivity contribution < 1.29 is 33.3 Å². The lowest BCUT2D eigenvalue weighted by Gasteiger charge is -2.32. The minimum absolute atomic E-state index is 0.00138. The van der Waals surface area contributed by atoms with Crippen LogP contribution < -0.4 is 10.5 Å². The number of hydrogen-bond donors (Lipinski definition) is 0. The Morgan fingerprint density at radius 1 is 0.684 bits per heavy atom. The van der Waals surface area contributed by atoms with E-state index in [4.69, 9.17) is 28.7 Å². The van der Waals surface area contributed by atoms with Crippen LogP contribution in [0.1, 0.15) is 59.0 Å². The number of aryl methyl sites for hydroxylation is 1. The van der Waals surface area contributed by atoms with Crippen molar-refractivity contribution >= 4 is 28.4 Å². The smallest absolute Gasteiger partial charge is 0.261 e. The summed E-state index contributed by atoms with van der Waals surface area (Å²) in [5.41, 5.74) is 2.15. The van der Waals surface area contributed by atoms with E-state index in [2.05, 4.69) is 9.80 Å². The predicted molar refractivity (Wildman–Crippen MR) is 225 cm³/mol. The molecule has 2 atom stereocenters. The van der Waals surface area contributed by atoms with Gasteiger partial charge in [-0.25, -0.2) is 4.98 Å². The molecule has 0 spiro atoms. The number of benzene rings is 2. The molecule has 0 saturated carbocycles. The number of ether oxygens (including phenoxy) is 5.